The standard InChI is InChI=1S/C16H28N2O2/c1-3-5-7-13(4-2)12-17-11-9-15(19)18-10-6-8-14(18)16(17)20/h13-14H,3-12H2,1-2H3. The molecule has 0 bridgehead atoms. The average Bonchev–Trinajstić information content (AvgIpc) is 2.91. The minimum Gasteiger partial charge on any atom is -0.340 e. The minimum absolute atomic E-state index is 0.159. The second-order valence-electron chi connectivity index (χ2n) is 6.20. The van der Waals surface area contributed by atoms with E-state index < -0.39 is 0 Å². The minimum atomic E-state index is -0.159. The van der Waals surface area contributed by atoms with E-state index in [0.717, 1.165) is 32.4 Å². The van der Waals surface area contributed by atoms with Gasteiger partial charge in [-0.05, 0) is 25.2 Å². The van der Waals surface area contributed by atoms with Crippen molar-refractivity contribution in [1.82, 2.24) is 9.80 Å². The molecule has 114 valence electrons. The third-order valence-electron chi connectivity index (χ3n) is 4.79. The van der Waals surface area contributed by atoms with Gasteiger partial charge in [0.05, 0.1) is 0 Å². The summed E-state index contributed by atoms with van der Waals surface area (Å²) in [4.78, 5) is 28.5. The second-order valence-corrected chi connectivity index (χ2v) is 6.20. The molecule has 2 saturated heterocycles. The molecule has 0 aromatic rings. The van der Waals surface area contributed by atoms with Crippen molar-refractivity contribution in [1.29, 1.82) is 0 Å². The Morgan fingerprint density at radius 1 is 1.25 bits per heavy atom. The number of unbranched alkanes of at least 4 members (excludes halogenated alkanes) is 1. The van der Waals surface area contributed by atoms with Gasteiger partial charge in [-0.2, -0.15) is 0 Å². The zero-order chi connectivity index (χ0) is 14.5. The Morgan fingerprint density at radius 3 is 2.75 bits per heavy atom. The molecule has 0 saturated carbocycles. The summed E-state index contributed by atoms with van der Waals surface area (Å²) in [5.41, 5.74) is 0. The molecule has 4 nitrogen and oxygen atoms in total. The summed E-state index contributed by atoms with van der Waals surface area (Å²) >= 11 is 0. The van der Waals surface area contributed by atoms with Gasteiger partial charge in [-0.15, -0.1) is 0 Å². The van der Waals surface area contributed by atoms with E-state index in [1.54, 1.807) is 0 Å². The van der Waals surface area contributed by atoms with Crippen LogP contribution in [0.2, 0.25) is 0 Å². The predicted molar refractivity (Wildman–Crippen MR) is 79.2 cm³/mol. The van der Waals surface area contributed by atoms with Gasteiger partial charge >= 0.3 is 0 Å². The van der Waals surface area contributed by atoms with Crippen LogP contribution in [0.25, 0.3) is 0 Å². The maximum atomic E-state index is 12.6. The third-order valence-corrected chi connectivity index (χ3v) is 4.79. The van der Waals surface area contributed by atoms with Crippen LogP contribution in [-0.2, 0) is 9.59 Å². The first kappa shape index (κ1) is 15.3. The van der Waals surface area contributed by atoms with Gasteiger partial charge in [-0.1, -0.05) is 33.1 Å². The number of amides is 2. The first-order valence-electron chi connectivity index (χ1n) is 8.25. The van der Waals surface area contributed by atoms with Crippen LogP contribution in [0.3, 0.4) is 0 Å². The van der Waals surface area contributed by atoms with Gasteiger partial charge in [0.15, 0.2) is 0 Å². The maximum absolute atomic E-state index is 12.6. The molecule has 2 unspecified atom stereocenters. The van der Waals surface area contributed by atoms with Crippen molar-refractivity contribution in [2.45, 2.75) is 64.8 Å². The molecule has 0 radical (unpaired) electrons. The van der Waals surface area contributed by atoms with Gasteiger partial charge < -0.3 is 9.80 Å². The molecule has 2 aliphatic heterocycles. The zero-order valence-corrected chi connectivity index (χ0v) is 12.9. The summed E-state index contributed by atoms with van der Waals surface area (Å²) in [6.45, 7) is 6.64. The van der Waals surface area contributed by atoms with E-state index in [-0.39, 0.29) is 17.9 Å². The van der Waals surface area contributed by atoms with Crippen molar-refractivity contribution in [2.24, 2.45) is 5.92 Å². The Morgan fingerprint density at radius 2 is 2.05 bits per heavy atom. The fraction of sp³-hybridized carbons (Fsp3) is 0.875. The van der Waals surface area contributed by atoms with Crippen molar-refractivity contribution < 1.29 is 9.59 Å². The molecule has 2 atom stereocenters. The number of hydrogen-bond donors (Lipinski definition) is 0. The smallest absolute Gasteiger partial charge is 0.245 e. The Labute approximate surface area is 122 Å². The van der Waals surface area contributed by atoms with Crippen LogP contribution in [0.1, 0.15) is 58.8 Å². The summed E-state index contributed by atoms with van der Waals surface area (Å²) in [5, 5.41) is 0. The van der Waals surface area contributed by atoms with E-state index in [1.807, 2.05) is 9.80 Å². The summed E-state index contributed by atoms with van der Waals surface area (Å²) in [7, 11) is 0. The number of fused-ring (bicyclic) bond motifs is 1. The fourth-order valence-electron chi connectivity index (χ4n) is 3.43. The van der Waals surface area contributed by atoms with Gasteiger partial charge in [0.2, 0.25) is 11.8 Å². The SMILES string of the molecule is CCCCC(CC)CN1CCC(=O)N2CCCC2C1=O. The first-order chi connectivity index (χ1) is 9.67. The highest BCUT2D eigenvalue weighted by Crippen LogP contribution is 2.25. The molecule has 0 aromatic heterocycles. The lowest BCUT2D eigenvalue weighted by molar-refractivity contribution is -0.139. The second kappa shape index (κ2) is 7.09. The van der Waals surface area contributed by atoms with Gasteiger partial charge in [-0.25, -0.2) is 0 Å². The molecular weight excluding hydrogens is 252 g/mol. The molecule has 20 heavy (non-hydrogen) atoms. The fourth-order valence-corrected chi connectivity index (χ4v) is 3.43. The van der Waals surface area contributed by atoms with E-state index in [2.05, 4.69) is 13.8 Å². The van der Waals surface area contributed by atoms with E-state index >= 15 is 0 Å². The Kier molecular flexibility index (Phi) is 5.44. The Hall–Kier alpha value is -1.06. The molecule has 2 aliphatic rings. The highest BCUT2D eigenvalue weighted by molar-refractivity contribution is 5.90. The summed E-state index contributed by atoms with van der Waals surface area (Å²) in [5.74, 6) is 0.954. The van der Waals surface area contributed by atoms with E-state index in [9.17, 15) is 9.59 Å². The molecule has 0 N–H and O–H groups in total. The van der Waals surface area contributed by atoms with Crippen LogP contribution in [0, 0.1) is 5.92 Å². The van der Waals surface area contributed by atoms with Crippen LogP contribution in [0.4, 0.5) is 0 Å². The van der Waals surface area contributed by atoms with Crippen LogP contribution < -0.4 is 0 Å². The van der Waals surface area contributed by atoms with Crippen molar-refractivity contribution in [3.63, 3.8) is 0 Å². The molecule has 2 rings (SSSR count). The summed E-state index contributed by atoms with van der Waals surface area (Å²) in [6, 6.07) is -0.159. The number of carbonyl (C=O) groups is 2. The molecule has 2 heterocycles. The number of carbonyl (C=O) groups excluding carboxylic acids is 2. The van der Waals surface area contributed by atoms with Gasteiger partial charge in [-0.3, -0.25) is 9.59 Å². The average molecular weight is 280 g/mol. The molecular formula is C16H28N2O2. The van der Waals surface area contributed by atoms with Gasteiger partial charge in [0.25, 0.3) is 0 Å². The molecule has 4 heteroatoms. The monoisotopic (exact) mass is 280 g/mol. The highest BCUT2D eigenvalue weighted by Gasteiger charge is 2.39. The van der Waals surface area contributed by atoms with Crippen LogP contribution in [0.15, 0.2) is 0 Å². The first-order valence-corrected chi connectivity index (χ1v) is 8.25. The highest BCUT2D eigenvalue weighted by atomic mass is 16.2. The lowest BCUT2D eigenvalue weighted by atomic mass is 9.98. The van der Waals surface area contributed by atoms with Crippen LogP contribution in [0.5, 0.6) is 0 Å². The number of hydrogen-bond acceptors (Lipinski definition) is 2. The van der Waals surface area contributed by atoms with Gasteiger partial charge in [0.1, 0.15) is 6.04 Å². The summed E-state index contributed by atoms with van der Waals surface area (Å²) < 4.78 is 0. The lowest BCUT2D eigenvalue weighted by Crippen LogP contribution is -2.45. The number of nitrogens with zero attached hydrogens (tertiary/aromatic N) is 2. The predicted octanol–water partition coefficient (Wildman–Crippen LogP) is 2.43. The van der Waals surface area contributed by atoms with Crippen molar-refractivity contribution >= 4 is 11.8 Å². The maximum Gasteiger partial charge on any atom is 0.245 e. The topological polar surface area (TPSA) is 40.6 Å². The molecule has 2 amide bonds. The van der Waals surface area contributed by atoms with Crippen LogP contribution >= 0.6 is 0 Å². The Bertz CT molecular complexity index is 356. The Balaban J connectivity index is 1.99. The normalized spacial score (nSPS) is 24.8. The molecule has 2 fully saturated rings. The van der Waals surface area contributed by atoms with Crippen molar-refractivity contribution in [3.05, 3.63) is 0 Å². The lowest BCUT2D eigenvalue weighted by Gasteiger charge is -2.28. The van der Waals surface area contributed by atoms with Crippen LogP contribution in [-0.4, -0.2) is 47.3 Å². The zero-order valence-electron chi connectivity index (χ0n) is 12.9. The van der Waals surface area contributed by atoms with E-state index in [1.165, 1.54) is 19.3 Å². The molecule has 0 aliphatic carbocycles. The number of rotatable bonds is 6. The largest absolute Gasteiger partial charge is 0.340 e. The third kappa shape index (κ3) is 3.33. The quantitative estimate of drug-likeness (QED) is 0.749. The van der Waals surface area contributed by atoms with Gasteiger partial charge in [0, 0.05) is 26.1 Å². The van der Waals surface area contributed by atoms with E-state index in [4.69, 9.17) is 0 Å². The molecule has 0 spiro atoms. The van der Waals surface area contributed by atoms with E-state index in [0.29, 0.717) is 18.9 Å². The van der Waals surface area contributed by atoms with Crippen molar-refractivity contribution in [3.8, 4) is 0 Å². The summed E-state index contributed by atoms with van der Waals surface area (Å²) in [6.07, 6.45) is 7.09. The van der Waals surface area contributed by atoms with Crippen molar-refractivity contribution in [2.75, 3.05) is 19.6 Å². The molecule has 0 aromatic carbocycles.